The Hall–Kier alpha value is 0.960. The van der Waals surface area contributed by atoms with E-state index < -0.39 is 0 Å². The summed E-state index contributed by atoms with van der Waals surface area (Å²) >= 11 is 7.10. The van der Waals surface area contributed by atoms with Crippen LogP contribution >= 0.6 is 31.9 Å². The topological polar surface area (TPSA) is 0 Å². The largest absolute Gasteiger partial charge is 0.0922 e. The van der Waals surface area contributed by atoms with Crippen LogP contribution in [0, 0.1) is 11.3 Å². The van der Waals surface area contributed by atoms with Gasteiger partial charge in [-0.3, -0.25) is 0 Å². The minimum Gasteiger partial charge on any atom is -0.0922 e. The first-order valence-corrected chi connectivity index (χ1v) is 6.40. The molecule has 0 aromatic carbocycles. The molecule has 0 aromatic rings. The van der Waals surface area contributed by atoms with Crippen molar-refractivity contribution in [1.82, 2.24) is 0 Å². The van der Waals surface area contributed by atoms with Crippen LogP contribution in [0.4, 0.5) is 0 Å². The van der Waals surface area contributed by atoms with Crippen LogP contribution in [0.25, 0.3) is 0 Å². The van der Waals surface area contributed by atoms with Gasteiger partial charge in [-0.1, -0.05) is 59.1 Å². The van der Waals surface area contributed by atoms with Crippen LogP contribution in [0.5, 0.6) is 0 Å². The van der Waals surface area contributed by atoms with Crippen molar-refractivity contribution in [2.24, 2.45) is 11.3 Å². The average molecular weight is 286 g/mol. The van der Waals surface area contributed by atoms with Crippen molar-refractivity contribution in [2.75, 3.05) is 10.7 Å². The Bertz CT molecular complexity index is 95.7. The van der Waals surface area contributed by atoms with Gasteiger partial charge in [-0.2, -0.15) is 0 Å². The third kappa shape index (κ3) is 5.24. The van der Waals surface area contributed by atoms with Gasteiger partial charge in [0.1, 0.15) is 0 Å². The molecule has 0 heterocycles. The molecule has 0 nitrogen and oxygen atoms in total. The predicted molar refractivity (Wildman–Crippen MR) is 59.8 cm³/mol. The lowest BCUT2D eigenvalue weighted by Crippen LogP contribution is -2.20. The van der Waals surface area contributed by atoms with E-state index >= 15 is 0 Å². The molecule has 68 valence electrons. The van der Waals surface area contributed by atoms with Gasteiger partial charge >= 0.3 is 0 Å². The molecule has 11 heavy (non-hydrogen) atoms. The van der Waals surface area contributed by atoms with Gasteiger partial charge < -0.3 is 0 Å². The average Bonchev–Trinajstić information content (AvgIpc) is 2.00. The fourth-order valence-electron chi connectivity index (χ4n) is 0.806. The summed E-state index contributed by atoms with van der Waals surface area (Å²) in [6.07, 6.45) is 2.63. The Morgan fingerprint density at radius 2 is 1.64 bits per heavy atom. The van der Waals surface area contributed by atoms with E-state index in [2.05, 4.69) is 52.6 Å². The molecule has 0 aromatic heterocycles. The van der Waals surface area contributed by atoms with E-state index in [-0.39, 0.29) is 0 Å². The molecular formula is C9H18Br2. The molecular weight excluding hydrogens is 268 g/mol. The molecule has 0 aliphatic heterocycles. The van der Waals surface area contributed by atoms with Crippen LogP contribution in [0.1, 0.15) is 33.6 Å². The van der Waals surface area contributed by atoms with E-state index in [1.54, 1.807) is 0 Å². The molecule has 0 amide bonds. The summed E-state index contributed by atoms with van der Waals surface area (Å²) < 4.78 is 0. The van der Waals surface area contributed by atoms with Gasteiger partial charge in [0, 0.05) is 10.7 Å². The maximum atomic E-state index is 3.55. The molecule has 0 unspecified atom stereocenters. The number of hydrogen-bond donors (Lipinski definition) is 0. The molecule has 0 bridgehead atoms. The summed E-state index contributed by atoms with van der Waals surface area (Å²) in [6.45, 7) is 6.88. The zero-order chi connectivity index (χ0) is 8.91. The molecule has 0 N–H and O–H groups in total. The maximum absolute atomic E-state index is 3.55. The highest BCUT2D eigenvalue weighted by Crippen LogP contribution is 2.29. The maximum Gasteiger partial charge on any atom is 0.00933 e. The van der Waals surface area contributed by atoms with Crippen molar-refractivity contribution in [3.05, 3.63) is 0 Å². The van der Waals surface area contributed by atoms with Crippen molar-refractivity contribution in [1.29, 1.82) is 0 Å². The molecule has 0 spiro atoms. The van der Waals surface area contributed by atoms with E-state index in [1.807, 2.05) is 0 Å². The van der Waals surface area contributed by atoms with Gasteiger partial charge in [0.15, 0.2) is 0 Å². The summed E-state index contributed by atoms with van der Waals surface area (Å²) in [5.74, 6) is 0.826. The van der Waals surface area contributed by atoms with Crippen LogP contribution in [-0.2, 0) is 0 Å². The Morgan fingerprint density at radius 3 is 1.91 bits per heavy atom. The second-order valence-electron chi connectivity index (χ2n) is 4.01. The van der Waals surface area contributed by atoms with Crippen LogP contribution in [0.3, 0.4) is 0 Å². The van der Waals surface area contributed by atoms with E-state index in [9.17, 15) is 0 Å². The van der Waals surface area contributed by atoms with E-state index in [0.29, 0.717) is 5.41 Å². The Kier molecular flexibility index (Phi) is 6.07. The van der Waals surface area contributed by atoms with E-state index in [1.165, 1.54) is 12.8 Å². The van der Waals surface area contributed by atoms with Gasteiger partial charge in [-0.05, 0) is 17.8 Å². The normalized spacial score (nSPS) is 12.5. The smallest absolute Gasteiger partial charge is 0.00933 e. The Labute approximate surface area is 87.4 Å². The third-order valence-corrected chi connectivity index (χ3v) is 4.68. The molecule has 0 saturated heterocycles. The van der Waals surface area contributed by atoms with Crippen molar-refractivity contribution in [3.63, 3.8) is 0 Å². The minimum atomic E-state index is 0.449. The van der Waals surface area contributed by atoms with Crippen molar-refractivity contribution < 1.29 is 0 Å². The van der Waals surface area contributed by atoms with Crippen molar-refractivity contribution in [2.45, 2.75) is 33.6 Å². The monoisotopic (exact) mass is 284 g/mol. The number of hydrogen-bond acceptors (Lipinski definition) is 0. The Morgan fingerprint density at radius 1 is 1.18 bits per heavy atom. The van der Waals surface area contributed by atoms with Gasteiger partial charge in [-0.25, -0.2) is 0 Å². The summed E-state index contributed by atoms with van der Waals surface area (Å²) in [5.41, 5.74) is 0.449. The lowest BCUT2D eigenvalue weighted by Gasteiger charge is -2.25. The highest BCUT2D eigenvalue weighted by Gasteiger charge is 2.21. The molecule has 0 atom stereocenters. The molecule has 2 heteroatoms. The quantitative estimate of drug-likeness (QED) is 0.664. The van der Waals surface area contributed by atoms with Gasteiger partial charge in [0.2, 0.25) is 0 Å². The van der Waals surface area contributed by atoms with Gasteiger partial charge in [-0.15, -0.1) is 0 Å². The second kappa shape index (κ2) is 5.58. The summed E-state index contributed by atoms with van der Waals surface area (Å²) in [4.78, 5) is 0. The lowest BCUT2D eigenvalue weighted by atomic mass is 9.87. The molecule has 0 aliphatic carbocycles. The molecule has 0 saturated carbocycles. The summed E-state index contributed by atoms with van der Waals surface area (Å²) in [5, 5.41) is 2.19. The highest BCUT2D eigenvalue weighted by atomic mass is 79.9. The summed E-state index contributed by atoms with van der Waals surface area (Å²) in [6, 6.07) is 0. The van der Waals surface area contributed by atoms with Crippen LogP contribution in [0.2, 0.25) is 0 Å². The SMILES string of the molecule is CC(C)CCC(C)(CBr)CBr. The van der Waals surface area contributed by atoms with E-state index in [4.69, 9.17) is 0 Å². The fraction of sp³-hybridized carbons (Fsp3) is 1.00. The van der Waals surface area contributed by atoms with E-state index in [0.717, 1.165) is 16.6 Å². The highest BCUT2D eigenvalue weighted by molar-refractivity contribution is 9.09. The van der Waals surface area contributed by atoms with Crippen molar-refractivity contribution >= 4 is 31.9 Å². The zero-order valence-corrected chi connectivity index (χ0v) is 10.8. The van der Waals surface area contributed by atoms with Crippen LogP contribution in [0.15, 0.2) is 0 Å². The molecule has 0 rings (SSSR count). The first-order valence-electron chi connectivity index (χ1n) is 4.16. The number of rotatable bonds is 5. The Balaban J connectivity index is 3.69. The predicted octanol–water partition coefficient (Wildman–Crippen LogP) is 4.22. The first-order chi connectivity index (χ1) is 5.04. The zero-order valence-electron chi connectivity index (χ0n) is 7.66. The third-order valence-electron chi connectivity index (χ3n) is 1.97. The summed E-state index contributed by atoms with van der Waals surface area (Å²) in [7, 11) is 0. The number of alkyl halides is 2. The second-order valence-corrected chi connectivity index (χ2v) is 5.13. The molecule has 0 aliphatic rings. The number of halogens is 2. The lowest BCUT2D eigenvalue weighted by molar-refractivity contribution is 0.357. The van der Waals surface area contributed by atoms with Crippen LogP contribution in [-0.4, -0.2) is 10.7 Å². The fourth-order valence-corrected chi connectivity index (χ4v) is 2.30. The van der Waals surface area contributed by atoms with Crippen LogP contribution < -0.4 is 0 Å². The van der Waals surface area contributed by atoms with Crippen molar-refractivity contribution in [3.8, 4) is 0 Å². The van der Waals surface area contributed by atoms with Gasteiger partial charge in [0.25, 0.3) is 0 Å². The molecule has 0 radical (unpaired) electrons. The van der Waals surface area contributed by atoms with Gasteiger partial charge in [0.05, 0.1) is 0 Å². The molecule has 0 fully saturated rings. The minimum absolute atomic E-state index is 0.449. The standard InChI is InChI=1S/C9H18Br2/c1-8(2)4-5-9(3,6-10)7-11/h8H,4-7H2,1-3H3. The first kappa shape index (κ1) is 12.0.